The van der Waals surface area contributed by atoms with Gasteiger partial charge in [-0.25, -0.2) is 0 Å². The minimum absolute atomic E-state index is 0. The first-order chi connectivity index (χ1) is 22.1. The molecule has 0 unspecified atom stereocenters. The van der Waals surface area contributed by atoms with E-state index in [-0.39, 0.29) is 22.3 Å². The minimum atomic E-state index is 0. The zero-order chi connectivity index (χ0) is 31.2. The van der Waals surface area contributed by atoms with Gasteiger partial charge < -0.3 is 9.62 Å². The Balaban J connectivity index is 0.000000201. The zero-order valence-corrected chi connectivity index (χ0v) is 26.7. The summed E-state index contributed by atoms with van der Waals surface area (Å²) in [5.74, 6) is 0. The first-order valence-electron chi connectivity index (χ1n) is 15.9. The van der Waals surface area contributed by atoms with Crippen LogP contribution in [-0.4, -0.2) is 44.4 Å². The second-order valence-electron chi connectivity index (χ2n) is 11.6. The molecule has 0 aliphatic carbocycles. The van der Waals surface area contributed by atoms with Crippen LogP contribution < -0.4 is 0 Å². The van der Waals surface area contributed by atoms with Crippen LogP contribution in [-0.2, 0) is 0 Å². The highest BCUT2D eigenvalue weighted by Crippen LogP contribution is 2.32. The average molecular weight is 632 g/mol. The van der Waals surface area contributed by atoms with Gasteiger partial charge in [-0.3, -0.25) is 0 Å². The fraction of sp³-hybridized carbons (Fsp3) is 0.200. The summed E-state index contributed by atoms with van der Waals surface area (Å²) in [5.41, 5.74) is 0. The number of rotatable bonds is 4. The van der Waals surface area contributed by atoms with Gasteiger partial charge in [0.15, 0.2) is 0 Å². The fourth-order valence-corrected chi connectivity index (χ4v) is 6.04. The van der Waals surface area contributed by atoms with Crippen LogP contribution in [0.2, 0.25) is 0 Å². The SMILES string of the molecule is C.C.C.CCN(C)[B]N(C)CC.c1ccc2c(c1)ccc1c3ccccc3ccc21.c1ccc2c(c1)ccc1c3ccccc3ccc21. The highest BCUT2D eigenvalue weighted by Gasteiger charge is 2.05. The van der Waals surface area contributed by atoms with Crippen LogP contribution in [0.4, 0.5) is 0 Å². The number of hydrogen-bond acceptors (Lipinski definition) is 2. The Hall–Kier alpha value is -4.70. The van der Waals surface area contributed by atoms with Gasteiger partial charge in [0, 0.05) is 0 Å². The molecule has 0 heterocycles. The standard InChI is InChI=1S/2C18H12.C6H16BN2.3CH4/c2*1-3-7-15-13(5-1)9-11-18-16-8-4-2-6-14(16)10-12-17(15)18;1-5-8(3)7-9(4)6-2;;;/h2*1-12H;5-6H2,1-4H3;3*1H4. The normalized spacial score (nSPS) is 10.5. The van der Waals surface area contributed by atoms with Crippen molar-refractivity contribution < 1.29 is 0 Å². The van der Waals surface area contributed by atoms with Crippen molar-refractivity contribution in [3.05, 3.63) is 146 Å². The van der Waals surface area contributed by atoms with Crippen molar-refractivity contribution in [2.24, 2.45) is 0 Å². The van der Waals surface area contributed by atoms with Crippen molar-refractivity contribution in [1.29, 1.82) is 0 Å². The van der Waals surface area contributed by atoms with Crippen LogP contribution in [0.5, 0.6) is 0 Å². The maximum Gasteiger partial charge on any atom is 0.312 e. The Bertz CT molecular complexity index is 1910. The Kier molecular flexibility index (Phi) is 13.7. The van der Waals surface area contributed by atoms with E-state index in [0.29, 0.717) is 0 Å². The zero-order valence-electron chi connectivity index (χ0n) is 26.7. The topological polar surface area (TPSA) is 6.48 Å². The molecular formula is C45H52BN2. The summed E-state index contributed by atoms with van der Waals surface area (Å²) >= 11 is 0. The Morgan fingerprint density at radius 2 is 0.562 bits per heavy atom. The third kappa shape index (κ3) is 8.05. The van der Waals surface area contributed by atoms with Gasteiger partial charge in [-0.05, 0) is 91.8 Å². The molecular weight excluding hydrogens is 579 g/mol. The fourth-order valence-electron chi connectivity index (χ4n) is 6.04. The first-order valence-corrected chi connectivity index (χ1v) is 15.9. The molecule has 0 saturated heterocycles. The van der Waals surface area contributed by atoms with E-state index in [2.05, 4.69) is 191 Å². The third-order valence-corrected chi connectivity index (χ3v) is 8.69. The molecule has 48 heavy (non-hydrogen) atoms. The predicted molar refractivity (Wildman–Crippen MR) is 220 cm³/mol. The van der Waals surface area contributed by atoms with Crippen molar-refractivity contribution >= 4 is 72.2 Å². The highest BCUT2D eigenvalue weighted by atomic mass is 15.1. The summed E-state index contributed by atoms with van der Waals surface area (Å²) in [7, 11) is 6.26. The molecule has 0 N–H and O–H groups in total. The highest BCUT2D eigenvalue weighted by molar-refractivity contribution is 6.28. The summed E-state index contributed by atoms with van der Waals surface area (Å²) in [4.78, 5) is 4.31. The van der Waals surface area contributed by atoms with E-state index in [9.17, 15) is 0 Å². The summed E-state index contributed by atoms with van der Waals surface area (Å²) in [5, 5.41) is 15.9. The van der Waals surface area contributed by atoms with Gasteiger partial charge >= 0.3 is 7.55 Å². The minimum Gasteiger partial charge on any atom is -0.335 e. The number of nitrogens with zero attached hydrogens (tertiary/aromatic N) is 2. The van der Waals surface area contributed by atoms with Crippen LogP contribution in [0.25, 0.3) is 64.6 Å². The van der Waals surface area contributed by atoms with E-state index >= 15 is 0 Å². The predicted octanol–water partition coefficient (Wildman–Crippen LogP) is 12.6. The molecule has 0 aliphatic heterocycles. The van der Waals surface area contributed by atoms with Crippen LogP contribution in [0.1, 0.15) is 36.1 Å². The van der Waals surface area contributed by atoms with Crippen LogP contribution in [0.3, 0.4) is 0 Å². The van der Waals surface area contributed by atoms with E-state index in [4.69, 9.17) is 0 Å². The second kappa shape index (κ2) is 17.5. The first kappa shape index (κ1) is 37.8. The lowest BCUT2D eigenvalue weighted by Gasteiger charge is -2.18. The second-order valence-corrected chi connectivity index (χ2v) is 11.6. The monoisotopic (exact) mass is 631 g/mol. The smallest absolute Gasteiger partial charge is 0.312 e. The van der Waals surface area contributed by atoms with E-state index in [1.165, 1.54) is 64.6 Å². The van der Waals surface area contributed by atoms with Gasteiger partial charge in [0.25, 0.3) is 0 Å². The van der Waals surface area contributed by atoms with Crippen LogP contribution >= 0.6 is 0 Å². The largest absolute Gasteiger partial charge is 0.335 e. The van der Waals surface area contributed by atoms with Crippen molar-refractivity contribution in [2.45, 2.75) is 36.1 Å². The molecule has 8 aromatic carbocycles. The molecule has 0 saturated carbocycles. The van der Waals surface area contributed by atoms with Gasteiger partial charge in [0.2, 0.25) is 0 Å². The van der Waals surface area contributed by atoms with Crippen molar-refractivity contribution in [3.63, 3.8) is 0 Å². The molecule has 8 aromatic rings. The van der Waals surface area contributed by atoms with E-state index < -0.39 is 0 Å². The molecule has 2 nitrogen and oxygen atoms in total. The Morgan fingerprint density at radius 1 is 0.333 bits per heavy atom. The maximum atomic E-state index is 2.24. The van der Waals surface area contributed by atoms with Crippen molar-refractivity contribution in [2.75, 3.05) is 27.2 Å². The Morgan fingerprint density at radius 3 is 0.792 bits per heavy atom. The molecule has 0 amide bonds. The molecule has 0 bridgehead atoms. The van der Waals surface area contributed by atoms with Gasteiger partial charge in [0.05, 0.1) is 0 Å². The van der Waals surface area contributed by atoms with E-state index in [0.717, 1.165) is 13.1 Å². The van der Waals surface area contributed by atoms with Gasteiger partial charge in [0.1, 0.15) is 0 Å². The molecule has 0 aromatic heterocycles. The molecule has 0 spiro atoms. The average Bonchev–Trinajstić information content (AvgIpc) is 3.11. The number of benzene rings is 8. The number of fused-ring (bicyclic) bond motifs is 10. The lowest BCUT2D eigenvalue weighted by atomic mass is 9.97. The van der Waals surface area contributed by atoms with Crippen LogP contribution in [0.15, 0.2) is 146 Å². The molecule has 0 fully saturated rings. The summed E-state index contributed by atoms with van der Waals surface area (Å²) in [6.45, 7) is 6.43. The summed E-state index contributed by atoms with van der Waals surface area (Å²) in [6, 6.07) is 52.1. The van der Waals surface area contributed by atoms with E-state index in [1.807, 2.05) is 0 Å². The van der Waals surface area contributed by atoms with Gasteiger partial charge in [-0.1, -0.05) is 182 Å². The molecule has 8 rings (SSSR count). The van der Waals surface area contributed by atoms with Crippen LogP contribution in [0, 0.1) is 0 Å². The van der Waals surface area contributed by atoms with Crippen molar-refractivity contribution in [1.82, 2.24) is 9.62 Å². The molecule has 245 valence electrons. The van der Waals surface area contributed by atoms with E-state index in [1.54, 1.807) is 0 Å². The van der Waals surface area contributed by atoms with Crippen molar-refractivity contribution in [3.8, 4) is 0 Å². The maximum absolute atomic E-state index is 2.24. The molecule has 0 aliphatic rings. The lowest BCUT2D eigenvalue weighted by molar-refractivity contribution is 0.467. The lowest BCUT2D eigenvalue weighted by Crippen LogP contribution is -2.36. The summed E-state index contributed by atoms with van der Waals surface area (Å²) in [6.07, 6.45) is 0. The molecule has 0 atom stereocenters. The quantitative estimate of drug-likeness (QED) is 0.141. The molecule has 1 radical (unpaired) electrons. The van der Waals surface area contributed by atoms with Gasteiger partial charge in [-0.15, -0.1) is 0 Å². The number of hydrogen-bond donors (Lipinski definition) is 0. The third-order valence-electron chi connectivity index (χ3n) is 8.69. The summed E-state index contributed by atoms with van der Waals surface area (Å²) < 4.78 is 0. The van der Waals surface area contributed by atoms with Gasteiger partial charge in [-0.2, -0.15) is 0 Å². The molecule has 3 heteroatoms. The Labute approximate surface area is 289 Å².